The van der Waals surface area contributed by atoms with E-state index in [1.54, 1.807) is 17.1 Å². The molecule has 1 spiro atoms. The summed E-state index contributed by atoms with van der Waals surface area (Å²) in [5.41, 5.74) is -1.20. The number of likely N-dealkylation sites (tertiary alicyclic amines) is 1. The largest absolute Gasteiger partial charge is 0.465 e. The number of carbonyl (C=O) groups is 3. The van der Waals surface area contributed by atoms with Crippen molar-refractivity contribution in [1.29, 1.82) is 0 Å². The van der Waals surface area contributed by atoms with Gasteiger partial charge in [0.2, 0.25) is 11.8 Å². The van der Waals surface area contributed by atoms with E-state index < -0.39 is 41.6 Å². The van der Waals surface area contributed by atoms with Crippen LogP contribution in [0.25, 0.3) is 0 Å². The number of aliphatic hydroxyl groups is 1. The Morgan fingerprint density at radius 3 is 2.62 bits per heavy atom. The number of allylic oxidation sites excluding steroid dienone is 1. The summed E-state index contributed by atoms with van der Waals surface area (Å²) >= 11 is 3.69. The number of hydrogen-bond donors (Lipinski definition) is 1. The predicted molar refractivity (Wildman–Crippen MR) is 153 cm³/mol. The van der Waals surface area contributed by atoms with Crippen molar-refractivity contribution in [2.45, 2.75) is 61.7 Å². The molecule has 1 N–H and O–H groups in total. The van der Waals surface area contributed by atoms with E-state index in [0.29, 0.717) is 52.1 Å². The van der Waals surface area contributed by atoms with Crippen molar-refractivity contribution in [3.63, 3.8) is 0 Å². The topological polar surface area (TPSA) is 109 Å². The number of aliphatic hydroxyl groups excluding tert-OH is 1. The molecule has 3 unspecified atom stereocenters. The maximum Gasteiger partial charge on any atom is 0.312 e. The van der Waals surface area contributed by atoms with Gasteiger partial charge in [-0.1, -0.05) is 41.9 Å². The van der Waals surface area contributed by atoms with Gasteiger partial charge in [-0.3, -0.25) is 19.3 Å². The molecular weight excluding hydrogens is 582 g/mol. The highest BCUT2D eigenvalue weighted by Crippen LogP contribution is 2.61. The summed E-state index contributed by atoms with van der Waals surface area (Å²) in [6, 6.07) is -1.58. The first-order valence-electron chi connectivity index (χ1n) is 14.4. The van der Waals surface area contributed by atoms with Crippen LogP contribution in [0, 0.1) is 17.8 Å². The van der Waals surface area contributed by atoms with Gasteiger partial charge in [0.25, 0.3) is 0 Å². The molecule has 4 aliphatic rings. The van der Waals surface area contributed by atoms with Gasteiger partial charge in [-0.05, 0) is 25.2 Å². The van der Waals surface area contributed by atoms with Crippen molar-refractivity contribution in [3.05, 3.63) is 25.3 Å². The number of unbranched alkanes of at least 4 members (excludes halogenated alkanes) is 1. The maximum atomic E-state index is 14.5. The standard InChI is InChI=1S/C29H44BrN3O7/c1-5-7-8-14-39-28(37)22-23-26(35)33(21(18-34)19(3)4)25(29(23)17-20(30)24(22)40-29)27(36)32(9-6-2)11-10-31-12-15-38-16-13-31/h5-6,19-25,34H,1-2,7-18H2,3-4H3/t20?,21-,22-,23-,24-,25?,29?/m0/s1. The van der Waals surface area contributed by atoms with E-state index in [1.807, 2.05) is 13.8 Å². The van der Waals surface area contributed by atoms with E-state index in [0.717, 1.165) is 13.1 Å². The van der Waals surface area contributed by atoms with Gasteiger partial charge in [-0.2, -0.15) is 0 Å². The average molecular weight is 627 g/mol. The van der Waals surface area contributed by atoms with E-state index in [9.17, 15) is 19.5 Å². The number of carbonyl (C=O) groups excluding carboxylic acids is 3. The third kappa shape index (κ3) is 5.77. The van der Waals surface area contributed by atoms with Crippen LogP contribution in [-0.4, -0.2) is 125 Å². The van der Waals surface area contributed by atoms with Crippen LogP contribution >= 0.6 is 15.9 Å². The minimum atomic E-state index is -1.20. The van der Waals surface area contributed by atoms with Gasteiger partial charge in [0, 0.05) is 37.6 Å². The molecule has 7 atom stereocenters. The van der Waals surface area contributed by atoms with E-state index in [4.69, 9.17) is 14.2 Å². The lowest BCUT2D eigenvalue weighted by molar-refractivity contribution is -0.157. The number of nitrogens with zero attached hydrogens (tertiary/aromatic N) is 3. The number of fused-ring (bicyclic) bond motifs is 1. The number of morpholine rings is 1. The van der Waals surface area contributed by atoms with Crippen molar-refractivity contribution in [2.75, 3.05) is 59.2 Å². The Morgan fingerprint density at radius 1 is 1.27 bits per heavy atom. The molecule has 40 heavy (non-hydrogen) atoms. The first kappa shape index (κ1) is 31.2. The summed E-state index contributed by atoms with van der Waals surface area (Å²) in [4.78, 5) is 47.4. The average Bonchev–Trinajstić information content (AvgIpc) is 3.53. The molecule has 0 aromatic rings. The smallest absolute Gasteiger partial charge is 0.312 e. The highest BCUT2D eigenvalue weighted by atomic mass is 79.9. The molecule has 2 amide bonds. The Hall–Kier alpha value is -1.79. The molecule has 2 bridgehead atoms. The lowest BCUT2D eigenvalue weighted by Gasteiger charge is -2.41. The second kappa shape index (κ2) is 13.5. The molecule has 0 aromatic carbocycles. The summed E-state index contributed by atoms with van der Waals surface area (Å²) in [5, 5.41) is 10.4. The molecule has 4 heterocycles. The lowest BCUT2D eigenvalue weighted by Crippen LogP contribution is -2.60. The number of amides is 2. The first-order chi connectivity index (χ1) is 19.2. The summed E-state index contributed by atoms with van der Waals surface area (Å²) in [6.07, 6.45) is 4.63. The van der Waals surface area contributed by atoms with Crippen molar-refractivity contribution in [2.24, 2.45) is 17.8 Å². The van der Waals surface area contributed by atoms with Gasteiger partial charge in [0.15, 0.2) is 0 Å². The zero-order valence-corrected chi connectivity index (χ0v) is 25.3. The Morgan fingerprint density at radius 2 is 2.00 bits per heavy atom. The molecule has 0 saturated carbocycles. The number of halogens is 1. The Balaban J connectivity index is 1.67. The normalized spacial score (nSPS) is 32.3. The molecule has 4 rings (SSSR count). The highest BCUT2D eigenvalue weighted by molar-refractivity contribution is 9.09. The van der Waals surface area contributed by atoms with Crippen molar-refractivity contribution in [1.82, 2.24) is 14.7 Å². The summed E-state index contributed by atoms with van der Waals surface area (Å²) in [7, 11) is 0. The molecule has 10 nitrogen and oxygen atoms in total. The Kier molecular flexibility index (Phi) is 10.5. The Bertz CT molecular complexity index is 958. The van der Waals surface area contributed by atoms with Crippen LogP contribution in [0.5, 0.6) is 0 Å². The van der Waals surface area contributed by atoms with Crippen LogP contribution in [0.15, 0.2) is 25.3 Å². The fourth-order valence-corrected chi connectivity index (χ4v) is 7.74. The fraction of sp³-hybridized carbons (Fsp3) is 0.759. The molecule has 4 saturated heterocycles. The monoisotopic (exact) mass is 625 g/mol. The van der Waals surface area contributed by atoms with E-state index >= 15 is 0 Å². The van der Waals surface area contributed by atoms with Crippen molar-refractivity contribution < 1.29 is 33.7 Å². The number of hydrogen-bond acceptors (Lipinski definition) is 8. The van der Waals surface area contributed by atoms with Gasteiger partial charge >= 0.3 is 5.97 Å². The quantitative estimate of drug-likeness (QED) is 0.134. The SMILES string of the molecule is C=CCCCOC(=O)[C@H]1[C@H]2C(=O)N([C@@H](CO)C(C)C)C(C(=O)N(CC=C)CCN3CCOCC3)C23CC(Br)[C@@H]1O3. The lowest BCUT2D eigenvalue weighted by atomic mass is 9.70. The second-order valence-electron chi connectivity index (χ2n) is 11.5. The van der Waals surface area contributed by atoms with Crippen molar-refractivity contribution in [3.8, 4) is 0 Å². The van der Waals surface area contributed by atoms with Gasteiger partial charge < -0.3 is 29.1 Å². The molecule has 224 valence electrons. The van der Waals surface area contributed by atoms with Gasteiger partial charge in [-0.15, -0.1) is 13.2 Å². The van der Waals surface area contributed by atoms with Gasteiger partial charge in [0.05, 0.1) is 50.4 Å². The van der Waals surface area contributed by atoms with Gasteiger partial charge in [0.1, 0.15) is 11.6 Å². The van der Waals surface area contributed by atoms with Crippen molar-refractivity contribution >= 4 is 33.7 Å². The predicted octanol–water partition coefficient (Wildman–Crippen LogP) is 1.61. The number of ether oxygens (including phenoxy) is 3. The number of rotatable bonds is 14. The van der Waals surface area contributed by atoms with Crippen LogP contribution in [0.4, 0.5) is 0 Å². The highest BCUT2D eigenvalue weighted by Gasteiger charge is 2.77. The third-order valence-electron chi connectivity index (χ3n) is 8.79. The number of esters is 1. The first-order valence-corrected chi connectivity index (χ1v) is 15.4. The maximum absolute atomic E-state index is 14.5. The third-order valence-corrected chi connectivity index (χ3v) is 9.64. The number of alkyl halides is 1. The van der Waals surface area contributed by atoms with Crippen LogP contribution in [-0.2, 0) is 28.6 Å². The van der Waals surface area contributed by atoms with E-state index in [1.165, 1.54) is 4.90 Å². The summed E-state index contributed by atoms with van der Waals surface area (Å²) in [5.74, 6) is -2.86. The Labute approximate surface area is 245 Å². The minimum Gasteiger partial charge on any atom is -0.465 e. The molecular formula is C29H44BrN3O7. The molecule has 0 radical (unpaired) electrons. The summed E-state index contributed by atoms with van der Waals surface area (Å²) < 4.78 is 17.6. The molecule has 0 aliphatic carbocycles. The molecule has 4 aliphatic heterocycles. The molecule has 4 fully saturated rings. The molecule has 11 heteroatoms. The van der Waals surface area contributed by atoms with Crippen LogP contribution < -0.4 is 0 Å². The van der Waals surface area contributed by atoms with Crippen LogP contribution in [0.3, 0.4) is 0 Å². The zero-order valence-electron chi connectivity index (χ0n) is 23.7. The minimum absolute atomic E-state index is 0.123. The van der Waals surface area contributed by atoms with E-state index in [-0.39, 0.29) is 35.8 Å². The second-order valence-corrected chi connectivity index (χ2v) is 12.7. The fourth-order valence-electron chi connectivity index (χ4n) is 6.80. The van der Waals surface area contributed by atoms with Crippen LogP contribution in [0.2, 0.25) is 0 Å². The van der Waals surface area contributed by atoms with Crippen LogP contribution in [0.1, 0.15) is 33.1 Å². The van der Waals surface area contributed by atoms with Gasteiger partial charge in [-0.25, -0.2) is 0 Å². The zero-order chi connectivity index (χ0) is 29.0. The van der Waals surface area contributed by atoms with E-state index in [2.05, 4.69) is 34.0 Å². The molecule has 0 aromatic heterocycles. The summed E-state index contributed by atoms with van der Waals surface area (Å²) in [6.45, 7) is 15.6.